The molecule has 24 heavy (non-hydrogen) atoms. The maximum Gasteiger partial charge on any atom is 0.406 e. The van der Waals surface area contributed by atoms with Crippen molar-refractivity contribution >= 4 is 5.91 Å². The number of amides is 1. The van der Waals surface area contributed by atoms with Gasteiger partial charge in [0.1, 0.15) is 6.54 Å². The first-order valence-corrected chi connectivity index (χ1v) is 7.82. The molecule has 0 aromatic heterocycles. The average Bonchev–Trinajstić information content (AvgIpc) is 3.35. The number of alkyl halides is 3. The third-order valence-corrected chi connectivity index (χ3v) is 4.27. The molecule has 0 radical (unpaired) electrons. The summed E-state index contributed by atoms with van der Waals surface area (Å²) in [5.41, 5.74) is 0.591. The van der Waals surface area contributed by atoms with Crippen LogP contribution >= 0.6 is 0 Å². The summed E-state index contributed by atoms with van der Waals surface area (Å²) in [7, 11) is 2.96. The van der Waals surface area contributed by atoms with Crippen molar-refractivity contribution in [2.24, 2.45) is 5.92 Å². The normalized spacial score (nSPS) is 15.8. The van der Waals surface area contributed by atoms with Crippen molar-refractivity contribution in [1.29, 1.82) is 0 Å². The molecule has 0 bridgehead atoms. The van der Waals surface area contributed by atoms with Crippen molar-refractivity contribution in [3.63, 3.8) is 0 Å². The largest absolute Gasteiger partial charge is 0.493 e. The van der Waals surface area contributed by atoms with Gasteiger partial charge in [0.2, 0.25) is 5.91 Å². The second-order valence-corrected chi connectivity index (χ2v) is 6.08. The number of carbonyl (C=O) groups is 1. The lowest BCUT2D eigenvalue weighted by molar-refractivity contribution is -0.165. The SMILES string of the molecule is COc1ccc(CC(=O)N(CC(F)(F)F)[C@H](C)C2CC2)cc1OC. The van der Waals surface area contributed by atoms with Crippen molar-refractivity contribution in [1.82, 2.24) is 4.90 Å². The zero-order valence-electron chi connectivity index (χ0n) is 14.0. The summed E-state index contributed by atoms with van der Waals surface area (Å²) in [5.74, 6) is 0.591. The Morgan fingerprint density at radius 1 is 1.25 bits per heavy atom. The lowest BCUT2D eigenvalue weighted by atomic mass is 10.1. The molecule has 0 aliphatic heterocycles. The second kappa shape index (κ2) is 7.32. The Kier molecular flexibility index (Phi) is 5.62. The first-order chi connectivity index (χ1) is 11.2. The van der Waals surface area contributed by atoms with Crippen LogP contribution < -0.4 is 9.47 Å². The molecule has 0 saturated heterocycles. The van der Waals surface area contributed by atoms with E-state index in [4.69, 9.17) is 9.47 Å². The zero-order valence-corrected chi connectivity index (χ0v) is 14.0. The van der Waals surface area contributed by atoms with Crippen molar-refractivity contribution in [3.05, 3.63) is 23.8 Å². The van der Waals surface area contributed by atoms with E-state index in [9.17, 15) is 18.0 Å². The monoisotopic (exact) mass is 345 g/mol. The molecule has 7 heteroatoms. The number of rotatable bonds is 7. The summed E-state index contributed by atoms with van der Waals surface area (Å²) >= 11 is 0. The number of ether oxygens (including phenoxy) is 2. The average molecular weight is 345 g/mol. The van der Waals surface area contributed by atoms with Crippen LogP contribution in [0.2, 0.25) is 0 Å². The fourth-order valence-electron chi connectivity index (χ4n) is 2.75. The van der Waals surface area contributed by atoms with Gasteiger partial charge < -0.3 is 14.4 Å². The second-order valence-electron chi connectivity index (χ2n) is 6.08. The van der Waals surface area contributed by atoms with Crippen LogP contribution in [0.15, 0.2) is 18.2 Å². The molecule has 0 N–H and O–H groups in total. The molecule has 4 nitrogen and oxygen atoms in total. The van der Waals surface area contributed by atoms with Gasteiger partial charge in [-0.15, -0.1) is 0 Å². The van der Waals surface area contributed by atoms with E-state index in [1.165, 1.54) is 14.2 Å². The van der Waals surface area contributed by atoms with Gasteiger partial charge in [-0.1, -0.05) is 6.07 Å². The maximum absolute atomic E-state index is 12.8. The van der Waals surface area contributed by atoms with Crippen LogP contribution in [0.25, 0.3) is 0 Å². The topological polar surface area (TPSA) is 38.8 Å². The number of hydrogen-bond acceptors (Lipinski definition) is 3. The van der Waals surface area contributed by atoms with E-state index in [0.717, 1.165) is 17.7 Å². The quantitative estimate of drug-likeness (QED) is 0.760. The maximum atomic E-state index is 12.8. The first kappa shape index (κ1) is 18.4. The summed E-state index contributed by atoms with van der Waals surface area (Å²) in [4.78, 5) is 13.4. The van der Waals surface area contributed by atoms with Gasteiger partial charge in [-0.3, -0.25) is 4.79 Å². The molecule has 1 aromatic rings. The van der Waals surface area contributed by atoms with Crippen LogP contribution in [0, 0.1) is 5.92 Å². The van der Waals surface area contributed by atoms with Gasteiger partial charge in [0.05, 0.1) is 20.6 Å². The summed E-state index contributed by atoms with van der Waals surface area (Å²) < 4.78 is 48.8. The van der Waals surface area contributed by atoms with Crippen LogP contribution in [0.5, 0.6) is 11.5 Å². The van der Waals surface area contributed by atoms with Crippen LogP contribution in [0.1, 0.15) is 25.3 Å². The highest BCUT2D eigenvalue weighted by Gasteiger charge is 2.40. The Morgan fingerprint density at radius 2 is 1.88 bits per heavy atom. The highest BCUT2D eigenvalue weighted by atomic mass is 19.4. The summed E-state index contributed by atoms with van der Waals surface area (Å²) in [6.45, 7) is 0.479. The number of carbonyl (C=O) groups excluding carboxylic acids is 1. The molecule has 0 unspecified atom stereocenters. The highest BCUT2D eigenvalue weighted by molar-refractivity contribution is 5.79. The minimum absolute atomic E-state index is 0.104. The number of benzene rings is 1. The Balaban J connectivity index is 2.14. The smallest absolute Gasteiger partial charge is 0.406 e. The lowest BCUT2D eigenvalue weighted by Crippen LogP contribution is -2.46. The van der Waals surface area contributed by atoms with Crippen molar-refractivity contribution in [3.8, 4) is 11.5 Å². The molecule has 1 atom stereocenters. The molecular weight excluding hydrogens is 323 g/mol. The van der Waals surface area contributed by atoms with Crippen LogP contribution in [-0.4, -0.2) is 43.8 Å². The molecule has 134 valence electrons. The fourth-order valence-corrected chi connectivity index (χ4v) is 2.75. The van der Waals surface area contributed by atoms with Gasteiger partial charge in [0.25, 0.3) is 0 Å². The van der Waals surface area contributed by atoms with Crippen LogP contribution in [-0.2, 0) is 11.2 Å². The van der Waals surface area contributed by atoms with Gasteiger partial charge in [-0.2, -0.15) is 13.2 Å². The molecule has 1 fully saturated rings. The molecular formula is C17H22F3NO3. The van der Waals surface area contributed by atoms with E-state index in [1.807, 2.05) is 0 Å². The van der Waals surface area contributed by atoms with Crippen LogP contribution in [0.4, 0.5) is 13.2 Å². The van der Waals surface area contributed by atoms with E-state index in [2.05, 4.69) is 0 Å². The number of methoxy groups -OCH3 is 2. The first-order valence-electron chi connectivity index (χ1n) is 7.82. The van der Waals surface area contributed by atoms with E-state index in [0.29, 0.717) is 17.1 Å². The van der Waals surface area contributed by atoms with Gasteiger partial charge in [-0.25, -0.2) is 0 Å². The molecule has 1 aliphatic rings. The number of hydrogen-bond donors (Lipinski definition) is 0. The minimum Gasteiger partial charge on any atom is -0.493 e. The Hall–Kier alpha value is -1.92. The Morgan fingerprint density at radius 3 is 2.38 bits per heavy atom. The van der Waals surface area contributed by atoms with Crippen LogP contribution in [0.3, 0.4) is 0 Å². The predicted molar refractivity (Wildman–Crippen MR) is 83.2 cm³/mol. The summed E-state index contributed by atoms with van der Waals surface area (Å²) in [5, 5.41) is 0. The van der Waals surface area contributed by atoms with Crippen molar-refractivity contribution in [2.75, 3.05) is 20.8 Å². The van der Waals surface area contributed by atoms with E-state index < -0.39 is 24.7 Å². The third kappa shape index (κ3) is 4.79. The van der Waals surface area contributed by atoms with Crippen molar-refractivity contribution in [2.45, 2.75) is 38.4 Å². The predicted octanol–water partition coefficient (Wildman–Crippen LogP) is 3.44. The minimum atomic E-state index is -4.41. The van der Waals surface area contributed by atoms with E-state index in [1.54, 1.807) is 25.1 Å². The Bertz CT molecular complexity index is 585. The number of nitrogens with zero attached hydrogens (tertiary/aromatic N) is 1. The van der Waals surface area contributed by atoms with E-state index >= 15 is 0 Å². The third-order valence-electron chi connectivity index (χ3n) is 4.27. The highest BCUT2D eigenvalue weighted by Crippen LogP contribution is 2.36. The summed E-state index contributed by atoms with van der Waals surface area (Å²) in [6.07, 6.45) is -2.76. The zero-order chi connectivity index (χ0) is 17.9. The van der Waals surface area contributed by atoms with Gasteiger partial charge >= 0.3 is 6.18 Å². The van der Waals surface area contributed by atoms with Gasteiger partial charge in [0.15, 0.2) is 11.5 Å². The molecule has 2 rings (SSSR count). The number of halogens is 3. The molecule has 1 aliphatic carbocycles. The van der Waals surface area contributed by atoms with Crippen molar-refractivity contribution < 1.29 is 27.4 Å². The van der Waals surface area contributed by atoms with Gasteiger partial charge in [0, 0.05) is 6.04 Å². The lowest BCUT2D eigenvalue weighted by Gasteiger charge is -2.30. The van der Waals surface area contributed by atoms with Gasteiger partial charge in [-0.05, 0) is 43.4 Å². The van der Waals surface area contributed by atoms with E-state index in [-0.39, 0.29) is 12.3 Å². The standard InChI is InChI=1S/C17H22F3NO3/c1-11(13-5-6-13)21(10-17(18,19)20)16(22)9-12-4-7-14(23-2)15(8-12)24-3/h4,7-8,11,13H,5-6,9-10H2,1-3H3/t11-/m1/s1. The molecule has 0 spiro atoms. The summed E-state index contributed by atoms with van der Waals surface area (Å²) in [6, 6.07) is 4.51. The fraction of sp³-hybridized carbons (Fsp3) is 0.588. The molecule has 1 amide bonds. The molecule has 1 saturated carbocycles. The Labute approximate surface area is 139 Å². The molecule has 0 heterocycles. The molecule has 1 aromatic carbocycles.